The van der Waals surface area contributed by atoms with Gasteiger partial charge in [-0.3, -0.25) is 0 Å². The largest absolute Gasteiger partial charge is 0.312 e. The molecule has 0 aliphatic heterocycles. The topological polar surface area (TPSA) is 35.8 Å². The van der Waals surface area contributed by atoms with E-state index in [0.717, 1.165) is 6.54 Å². The molecule has 0 spiro atoms. The molecule has 0 heterocycles. The molecule has 1 aromatic rings. The van der Waals surface area contributed by atoms with Gasteiger partial charge in [-0.1, -0.05) is 6.92 Å². The molecule has 3 heteroatoms. The van der Waals surface area contributed by atoms with Crippen LogP contribution in [0.15, 0.2) is 18.2 Å². The minimum atomic E-state index is -0.243. The van der Waals surface area contributed by atoms with Gasteiger partial charge in [-0.2, -0.15) is 5.26 Å². The zero-order valence-electron chi connectivity index (χ0n) is 9.39. The van der Waals surface area contributed by atoms with Crippen molar-refractivity contribution in [3.8, 4) is 6.07 Å². The smallest absolute Gasteiger partial charge is 0.127 e. The lowest BCUT2D eigenvalue weighted by molar-refractivity contribution is 0.491. The Morgan fingerprint density at radius 1 is 1.50 bits per heavy atom. The van der Waals surface area contributed by atoms with E-state index in [0.29, 0.717) is 23.1 Å². The highest BCUT2D eigenvalue weighted by molar-refractivity contribution is 5.33. The molecule has 1 N–H and O–H groups in total. The highest BCUT2D eigenvalue weighted by atomic mass is 19.1. The first-order chi connectivity index (χ1) is 7.63. The number of halogens is 1. The Balaban J connectivity index is 1.95. The van der Waals surface area contributed by atoms with Crippen LogP contribution in [0.4, 0.5) is 4.39 Å². The van der Waals surface area contributed by atoms with Crippen LogP contribution in [0.1, 0.15) is 30.9 Å². The summed E-state index contributed by atoms with van der Waals surface area (Å²) in [6, 6.07) is 6.48. The van der Waals surface area contributed by atoms with Crippen LogP contribution in [0.25, 0.3) is 0 Å². The lowest BCUT2D eigenvalue weighted by Gasteiger charge is -2.10. The molecule has 0 aromatic heterocycles. The Bertz CT molecular complexity index is 430. The molecule has 0 saturated heterocycles. The van der Waals surface area contributed by atoms with Gasteiger partial charge in [-0.05, 0) is 36.5 Å². The maximum atomic E-state index is 13.4. The molecule has 0 atom stereocenters. The molecule has 0 bridgehead atoms. The average Bonchev–Trinajstić information content (AvgIpc) is 2.99. The van der Waals surface area contributed by atoms with Gasteiger partial charge in [0.1, 0.15) is 5.82 Å². The number of nitrogens with one attached hydrogen (secondary N) is 1. The van der Waals surface area contributed by atoms with E-state index in [4.69, 9.17) is 5.26 Å². The standard InChI is InChI=1S/C13H15FN2/c1-13(4-5-13)9-16-8-11-6-10(7-15)2-3-12(11)14/h2-3,6,16H,4-5,8-9H2,1H3. The van der Waals surface area contributed by atoms with Gasteiger partial charge >= 0.3 is 0 Å². The van der Waals surface area contributed by atoms with E-state index in [1.165, 1.54) is 25.0 Å². The second-order valence-electron chi connectivity index (χ2n) is 4.83. The van der Waals surface area contributed by atoms with Crippen molar-refractivity contribution in [3.05, 3.63) is 35.1 Å². The van der Waals surface area contributed by atoms with Gasteiger partial charge in [-0.15, -0.1) is 0 Å². The van der Waals surface area contributed by atoms with Gasteiger partial charge in [0.25, 0.3) is 0 Å². The molecule has 2 nitrogen and oxygen atoms in total. The predicted molar refractivity (Wildman–Crippen MR) is 60.2 cm³/mol. The number of hydrogen-bond acceptors (Lipinski definition) is 2. The van der Waals surface area contributed by atoms with Gasteiger partial charge < -0.3 is 5.32 Å². The van der Waals surface area contributed by atoms with E-state index in [1.807, 2.05) is 6.07 Å². The highest BCUT2D eigenvalue weighted by Gasteiger charge is 2.36. The van der Waals surface area contributed by atoms with E-state index in [1.54, 1.807) is 6.07 Å². The second-order valence-corrected chi connectivity index (χ2v) is 4.83. The SMILES string of the molecule is CC1(CNCc2cc(C#N)ccc2F)CC1. The summed E-state index contributed by atoms with van der Waals surface area (Å²) in [6.07, 6.45) is 2.50. The van der Waals surface area contributed by atoms with E-state index >= 15 is 0 Å². The fourth-order valence-corrected chi connectivity index (χ4v) is 1.67. The maximum Gasteiger partial charge on any atom is 0.127 e. The Kier molecular flexibility index (Phi) is 2.93. The fraction of sp³-hybridized carbons (Fsp3) is 0.462. The number of benzene rings is 1. The van der Waals surface area contributed by atoms with E-state index in [-0.39, 0.29) is 5.82 Å². The molecule has 1 aliphatic carbocycles. The van der Waals surface area contributed by atoms with Gasteiger partial charge in [0.2, 0.25) is 0 Å². The van der Waals surface area contributed by atoms with Crippen LogP contribution in [0.5, 0.6) is 0 Å². The van der Waals surface area contributed by atoms with Gasteiger partial charge in [0.05, 0.1) is 11.6 Å². The molecule has 1 saturated carbocycles. The minimum Gasteiger partial charge on any atom is -0.312 e. The van der Waals surface area contributed by atoms with Gasteiger partial charge in [-0.25, -0.2) is 4.39 Å². The van der Waals surface area contributed by atoms with Crippen molar-refractivity contribution in [2.24, 2.45) is 5.41 Å². The van der Waals surface area contributed by atoms with E-state index < -0.39 is 0 Å². The van der Waals surface area contributed by atoms with E-state index in [9.17, 15) is 4.39 Å². The first kappa shape index (κ1) is 11.1. The van der Waals surface area contributed by atoms with Gasteiger partial charge in [0, 0.05) is 18.7 Å². The summed E-state index contributed by atoms with van der Waals surface area (Å²) in [5.41, 5.74) is 1.50. The summed E-state index contributed by atoms with van der Waals surface area (Å²) >= 11 is 0. The van der Waals surface area contributed by atoms with Crippen molar-refractivity contribution in [3.63, 3.8) is 0 Å². The van der Waals surface area contributed by atoms with Crippen LogP contribution in [0.3, 0.4) is 0 Å². The molecular formula is C13H15FN2. The predicted octanol–water partition coefficient (Wildman–Crippen LogP) is 2.59. The molecule has 1 fully saturated rings. The zero-order chi connectivity index (χ0) is 11.6. The quantitative estimate of drug-likeness (QED) is 0.843. The van der Waals surface area contributed by atoms with Crippen molar-refractivity contribution < 1.29 is 4.39 Å². The lowest BCUT2D eigenvalue weighted by Crippen LogP contribution is -2.22. The minimum absolute atomic E-state index is 0.243. The molecule has 0 amide bonds. The summed E-state index contributed by atoms with van der Waals surface area (Å²) in [5.74, 6) is -0.243. The van der Waals surface area contributed by atoms with Crippen molar-refractivity contribution in [1.29, 1.82) is 5.26 Å². The summed E-state index contributed by atoms with van der Waals surface area (Å²) < 4.78 is 13.4. The molecule has 84 valence electrons. The van der Waals surface area contributed by atoms with Crippen LogP contribution < -0.4 is 5.32 Å². The summed E-state index contributed by atoms with van der Waals surface area (Å²) in [7, 11) is 0. The van der Waals surface area contributed by atoms with Gasteiger partial charge in [0.15, 0.2) is 0 Å². The van der Waals surface area contributed by atoms with Crippen LogP contribution in [-0.4, -0.2) is 6.54 Å². The third kappa shape index (κ3) is 2.59. The molecule has 0 unspecified atom stereocenters. The second kappa shape index (κ2) is 4.23. The number of hydrogen-bond donors (Lipinski definition) is 1. The van der Waals surface area contributed by atoms with Crippen molar-refractivity contribution >= 4 is 0 Å². The Morgan fingerprint density at radius 3 is 2.88 bits per heavy atom. The number of rotatable bonds is 4. The number of nitrogens with zero attached hydrogens (tertiary/aromatic N) is 1. The molecule has 2 rings (SSSR count). The van der Waals surface area contributed by atoms with Crippen LogP contribution >= 0.6 is 0 Å². The van der Waals surface area contributed by atoms with Crippen molar-refractivity contribution in [2.75, 3.05) is 6.54 Å². The lowest BCUT2D eigenvalue weighted by atomic mass is 10.1. The highest BCUT2D eigenvalue weighted by Crippen LogP contribution is 2.44. The zero-order valence-corrected chi connectivity index (χ0v) is 9.39. The normalized spacial score (nSPS) is 16.8. The summed E-state index contributed by atoms with van der Waals surface area (Å²) in [4.78, 5) is 0. The third-order valence-electron chi connectivity index (χ3n) is 3.15. The van der Waals surface area contributed by atoms with Crippen molar-refractivity contribution in [1.82, 2.24) is 5.32 Å². The monoisotopic (exact) mass is 218 g/mol. The van der Waals surface area contributed by atoms with Crippen LogP contribution in [0.2, 0.25) is 0 Å². The third-order valence-corrected chi connectivity index (χ3v) is 3.15. The van der Waals surface area contributed by atoms with Crippen LogP contribution in [-0.2, 0) is 6.54 Å². The molecule has 0 radical (unpaired) electrons. The summed E-state index contributed by atoms with van der Waals surface area (Å²) in [6.45, 7) is 3.64. The Labute approximate surface area is 95.1 Å². The van der Waals surface area contributed by atoms with E-state index in [2.05, 4.69) is 12.2 Å². The van der Waals surface area contributed by atoms with Crippen LogP contribution in [0, 0.1) is 22.6 Å². The maximum absolute atomic E-state index is 13.4. The molecule has 16 heavy (non-hydrogen) atoms. The number of nitriles is 1. The first-order valence-corrected chi connectivity index (χ1v) is 5.52. The van der Waals surface area contributed by atoms with Crippen molar-refractivity contribution in [2.45, 2.75) is 26.3 Å². The fourth-order valence-electron chi connectivity index (χ4n) is 1.67. The summed E-state index contributed by atoms with van der Waals surface area (Å²) in [5, 5.41) is 12.0. The molecule has 1 aromatic carbocycles. The molecular weight excluding hydrogens is 203 g/mol. The Hall–Kier alpha value is -1.40. The Morgan fingerprint density at radius 2 is 2.25 bits per heavy atom. The average molecular weight is 218 g/mol. The first-order valence-electron chi connectivity index (χ1n) is 5.52. The molecule has 1 aliphatic rings.